The average molecular weight is 406 g/mol. The molecule has 0 aromatic heterocycles. The summed E-state index contributed by atoms with van der Waals surface area (Å²) in [4.78, 5) is 34.2. The minimum Gasteiger partial charge on any atom is -0.481 e. The molecule has 1 aromatic rings. The molecule has 1 fully saturated rings. The minimum atomic E-state index is -0.732. The van der Waals surface area contributed by atoms with E-state index in [0.717, 1.165) is 12.8 Å². The van der Waals surface area contributed by atoms with Gasteiger partial charge in [0, 0.05) is 11.1 Å². The summed E-state index contributed by atoms with van der Waals surface area (Å²) in [6, 6.07) is 4.37. The number of carbonyl (C=O) groups excluding carboxylic acids is 3. The van der Waals surface area contributed by atoms with Crippen LogP contribution in [-0.4, -0.2) is 37.2 Å². The molecule has 9 heteroatoms. The van der Waals surface area contributed by atoms with Crippen molar-refractivity contribution in [1.82, 2.24) is 10.6 Å². The summed E-state index contributed by atoms with van der Waals surface area (Å²) in [7, 11) is 0. The number of hydrogen-bond acceptors (Lipinski definition) is 5. The maximum Gasteiger partial charge on any atom is 0.344 e. The summed E-state index contributed by atoms with van der Waals surface area (Å²) >= 11 is 9.03. The molecular weight excluding hydrogens is 392 g/mol. The van der Waals surface area contributed by atoms with E-state index in [9.17, 15) is 14.4 Å². The van der Waals surface area contributed by atoms with Gasteiger partial charge >= 0.3 is 12.0 Å². The van der Waals surface area contributed by atoms with Crippen LogP contribution in [0, 0.1) is 0 Å². The van der Waals surface area contributed by atoms with Gasteiger partial charge in [0.15, 0.2) is 13.2 Å². The predicted molar refractivity (Wildman–Crippen MR) is 85.3 cm³/mol. The molecule has 23 heavy (non-hydrogen) atoms. The van der Waals surface area contributed by atoms with Crippen molar-refractivity contribution in [3.63, 3.8) is 0 Å². The fourth-order valence-corrected chi connectivity index (χ4v) is 2.33. The van der Waals surface area contributed by atoms with Crippen LogP contribution >= 0.6 is 27.5 Å². The number of imide groups is 1. The van der Waals surface area contributed by atoms with Crippen molar-refractivity contribution in [2.75, 3.05) is 13.2 Å². The predicted octanol–water partition coefficient (Wildman–Crippen LogP) is 2.01. The van der Waals surface area contributed by atoms with Crippen molar-refractivity contribution < 1.29 is 23.9 Å². The Kier molecular flexibility index (Phi) is 6.23. The normalized spacial score (nSPS) is 13.1. The molecule has 0 atom stereocenters. The van der Waals surface area contributed by atoms with Crippen LogP contribution in [0.1, 0.15) is 12.8 Å². The Morgan fingerprint density at radius 2 is 2.00 bits per heavy atom. The third-order valence-corrected chi connectivity index (χ3v) is 3.62. The van der Waals surface area contributed by atoms with Crippen molar-refractivity contribution in [2.45, 2.75) is 18.9 Å². The monoisotopic (exact) mass is 404 g/mol. The summed E-state index contributed by atoms with van der Waals surface area (Å²) < 4.78 is 10.5. The summed E-state index contributed by atoms with van der Waals surface area (Å²) in [6.45, 7) is -0.927. The Bertz CT molecular complexity index is 621. The van der Waals surface area contributed by atoms with Crippen LogP contribution in [0.25, 0.3) is 0 Å². The van der Waals surface area contributed by atoms with E-state index < -0.39 is 24.5 Å². The lowest BCUT2D eigenvalue weighted by atomic mass is 10.3. The van der Waals surface area contributed by atoms with Crippen LogP contribution in [0.2, 0.25) is 5.02 Å². The van der Waals surface area contributed by atoms with Crippen molar-refractivity contribution in [3.8, 4) is 5.75 Å². The largest absolute Gasteiger partial charge is 0.481 e. The van der Waals surface area contributed by atoms with Gasteiger partial charge in [0.25, 0.3) is 5.91 Å². The quantitative estimate of drug-likeness (QED) is 0.706. The lowest BCUT2D eigenvalue weighted by Crippen LogP contribution is -2.42. The molecule has 2 rings (SSSR count). The molecule has 0 heterocycles. The fourth-order valence-electron chi connectivity index (χ4n) is 1.53. The molecule has 1 aliphatic carbocycles. The van der Waals surface area contributed by atoms with E-state index >= 15 is 0 Å². The van der Waals surface area contributed by atoms with E-state index in [1.54, 1.807) is 18.2 Å². The molecule has 0 spiro atoms. The van der Waals surface area contributed by atoms with Gasteiger partial charge in [0.1, 0.15) is 5.75 Å². The zero-order chi connectivity index (χ0) is 16.8. The van der Waals surface area contributed by atoms with Crippen LogP contribution in [0.15, 0.2) is 22.7 Å². The zero-order valence-electron chi connectivity index (χ0n) is 11.9. The van der Waals surface area contributed by atoms with Gasteiger partial charge in [-0.15, -0.1) is 0 Å². The lowest BCUT2D eigenvalue weighted by molar-refractivity contribution is -0.150. The number of esters is 1. The van der Waals surface area contributed by atoms with E-state index in [4.69, 9.17) is 21.1 Å². The second kappa shape index (κ2) is 8.16. The van der Waals surface area contributed by atoms with Crippen molar-refractivity contribution in [3.05, 3.63) is 27.7 Å². The van der Waals surface area contributed by atoms with Gasteiger partial charge in [-0.05, 0) is 47.0 Å². The van der Waals surface area contributed by atoms with E-state index in [1.165, 1.54) is 0 Å². The number of amides is 3. The molecule has 1 aliphatic rings. The number of hydrogen-bond donors (Lipinski definition) is 2. The summed E-state index contributed by atoms with van der Waals surface area (Å²) in [5.74, 6) is -1.02. The first-order valence-electron chi connectivity index (χ1n) is 6.78. The molecule has 0 saturated heterocycles. The number of rotatable bonds is 6. The summed E-state index contributed by atoms with van der Waals surface area (Å²) in [5, 5.41) is 5.17. The first-order chi connectivity index (χ1) is 10.9. The Hall–Kier alpha value is -1.80. The molecule has 124 valence electrons. The van der Waals surface area contributed by atoms with Gasteiger partial charge in [-0.3, -0.25) is 10.1 Å². The van der Waals surface area contributed by atoms with E-state index in [0.29, 0.717) is 15.2 Å². The van der Waals surface area contributed by atoms with E-state index in [1.807, 2.05) is 0 Å². The topological polar surface area (TPSA) is 93.7 Å². The number of benzene rings is 1. The highest BCUT2D eigenvalue weighted by atomic mass is 79.9. The highest BCUT2D eigenvalue weighted by molar-refractivity contribution is 9.10. The summed E-state index contributed by atoms with van der Waals surface area (Å²) in [6.07, 6.45) is 1.82. The van der Waals surface area contributed by atoms with Crippen LogP contribution in [0.3, 0.4) is 0 Å². The minimum absolute atomic E-state index is 0.136. The maximum absolute atomic E-state index is 11.5. The van der Waals surface area contributed by atoms with E-state index in [-0.39, 0.29) is 12.6 Å². The molecule has 0 unspecified atom stereocenters. The molecule has 7 nitrogen and oxygen atoms in total. The third kappa shape index (κ3) is 6.45. The first kappa shape index (κ1) is 17.6. The van der Waals surface area contributed by atoms with Gasteiger partial charge < -0.3 is 14.8 Å². The van der Waals surface area contributed by atoms with Crippen LogP contribution in [-0.2, 0) is 14.3 Å². The molecule has 1 saturated carbocycles. The standard InChI is InChI=1S/C14H14BrClN2O5/c15-10-5-8(16)1-4-11(10)22-7-13(20)23-6-12(19)18-14(21)17-9-2-3-9/h1,4-5,9H,2-3,6-7H2,(H2,17,18,19,21). The average Bonchev–Trinajstić information content (AvgIpc) is 3.28. The van der Waals surface area contributed by atoms with Gasteiger partial charge in [-0.25, -0.2) is 9.59 Å². The second-order valence-corrected chi connectivity index (χ2v) is 6.11. The van der Waals surface area contributed by atoms with Crippen molar-refractivity contribution >= 4 is 45.4 Å². The maximum atomic E-state index is 11.5. The van der Waals surface area contributed by atoms with Gasteiger partial charge in [-0.2, -0.15) is 0 Å². The molecular formula is C14H14BrClN2O5. The van der Waals surface area contributed by atoms with Gasteiger partial charge in [-0.1, -0.05) is 11.6 Å². The molecule has 0 bridgehead atoms. The van der Waals surface area contributed by atoms with Crippen LogP contribution in [0.4, 0.5) is 4.79 Å². The molecule has 0 aliphatic heterocycles. The lowest BCUT2D eigenvalue weighted by Gasteiger charge is -2.09. The Labute approximate surface area is 145 Å². The SMILES string of the molecule is O=C(COC(=O)COc1ccc(Cl)cc1Br)NC(=O)NC1CC1. The van der Waals surface area contributed by atoms with Crippen molar-refractivity contribution in [2.24, 2.45) is 0 Å². The summed E-state index contributed by atoms with van der Waals surface area (Å²) in [5.41, 5.74) is 0. The van der Waals surface area contributed by atoms with Crippen LogP contribution in [0.5, 0.6) is 5.75 Å². The highest BCUT2D eigenvalue weighted by Crippen LogP contribution is 2.27. The Balaban J connectivity index is 1.65. The number of carbonyl (C=O) groups is 3. The van der Waals surface area contributed by atoms with E-state index in [2.05, 4.69) is 26.6 Å². The number of halogens is 2. The molecule has 0 radical (unpaired) electrons. The first-order valence-corrected chi connectivity index (χ1v) is 7.95. The van der Waals surface area contributed by atoms with Crippen LogP contribution < -0.4 is 15.4 Å². The van der Waals surface area contributed by atoms with Gasteiger partial charge in [0.2, 0.25) is 0 Å². The molecule has 2 N–H and O–H groups in total. The molecule has 3 amide bonds. The number of ether oxygens (including phenoxy) is 2. The third-order valence-electron chi connectivity index (χ3n) is 2.77. The number of urea groups is 1. The smallest absolute Gasteiger partial charge is 0.344 e. The van der Waals surface area contributed by atoms with Gasteiger partial charge in [0.05, 0.1) is 4.47 Å². The molecule has 1 aromatic carbocycles. The number of nitrogens with one attached hydrogen (secondary N) is 2. The fraction of sp³-hybridized carbons (Fsp3) is 0.357. The Morgan fingerprint density at radius 1 is 1.26 bits per heavy atom. The zero-order valence-corrected chi connectivity index (χ0v) is 14.3. The highest BCUT2D eigenvalue weighted by Gasteiger charge is 2.24. The Morgan fingerprint density at radius 3 is 2.65 bits per heavy atom. The second-order valence-electron chi connectivity index (χ2n) is 4.82. The van der Waals surface area contributed by atoms with Crippen molar-refractivity contribution in [1.29, 1.82) is 0 Å².